The van der Waals surface area contributed by atoms with Gasteiger partial charge in [-0.15, -0.1) is 0 Å². The van der Waals surface area contributed by atoms with Gasteiger partial charge in [0.25, 0.3) is 5.91 Å². The molecule has 1 N–H and O–H groups in total. The van der Waals surface area contributed by atoms with Gasteiger partial charge in [-0.25, -0.2) is 9.78 Å². The Morgan fingerprint density at radius 2 is 1.73 bits per heavy atom. The van der Waals surface area contributed by atoms with Crippen LogP contribution in [0.3, 0.4) is 0 Å². The van der Waals surface area contributed by atoms with Crippen molar-refractivity contribution < 1.29 is 33.3 Å². The molecule has 220 valence electrons. The molecule has 10 heteroatoms. The van der Waals surface area contributed by atoms with Crippen molar-refractivity contribution in [3.05, 3.63) is 52.8 Å². The molecule has 2 aromatic rings. The first kappa shape index (κ1) is 32.9. The van der Waals surface area contributed by atoms with Crippen LogP contribution in [0.15, 0.2) is 36.5 Å². The molecular weight excluding hydrogens is 536 g/mol. The summed E-state index contributed by atoms with van der Waals surface area (Å²) < 4.78 is 20.9. The van der Waals surface area contributed by atoms with E-state index in [0.717, 1.165) is 25.7 Å². The van der Waals surface area contributed by atoms with Gasteiger partial charge in [-0.1, -0.05) is 56.8 Å². The number of benzene rings is 1. The number of ether oxygens (including phenoxy) is 4. The van der Waals surface area contributed by atoms with E-state index < -0.39 is 30.7 Å². The Morgan fingerprint density at radius 1 is 1.00 bits per heavy atom. The van der Waals surface area contributed by atoms with Crippen LogP contribution >= 0.6 is 11.6 Å². The zero-order chi connectivity index (χ0) is 29.5. The lowest BCUT2D eigenvalue weighted by molar-refractivity contribution is -0.147. The van der Waals surface area contributed by atoms with Crippen molar-refractivity contribution in [1.82, 2.24) is 10.3 Å². The van der Waals surface area contributed by atoms with E-state index in [2.05, 4.69) is 36.3 Å². The fourth-order valence-corrected chi connectivity index (χ4v) is 4.39. The molecule has 1 amide bonds. The van der Waals surface area contributed by atoms with Crippen molar-refractivity contribution in [3.8, 4) is 11.5 Å². The van der Waals surface area contributed by atoms with E-state index in [1.165, 1.54) is 31.9 Å². The molecule has 1 heterocycles. The number of carbonyl (C=O) groups is 3. The van der Waals surface area contributed by atoms with Crippen LogP contribution < -0.4 is 14.8 Å². The molecule has 0 bridgehead atoms. The van der Waals surface area contributed by atoms with Crippen LogP contribution in [0.2, 0.25) is 5.02 Å². The van der Waals surface area contributed by atoms with Crippen molar-refractivity contribution in [2.75, 3.05) is 20.5 Å². The summed E-state index contributed by atoms with van der Waals surface area (Å²) in [6.07, 6.45) is 6.47. The molecule has 0 aliphatic heterocycles. The minimum Gasteiger partial charge on any atom is -0.493 e. The molecule has 2 rings (SSSR count). The predicted octanol–water partition coefficient (Wildman–Crippen LogP) is 5.77. The number of halogens is 1. The predicted molar refractivity (Wildman–Crippen MR) is 153 cm³/mol. The molecule has 0 spiro atoms. The first-order valence-electron chi connectivity index (χ1n) is 13.7. The third-order valence-electron chi connectivity index (χ3n) is 6.34. The highest BCUT2D eigenvalue weighted by Crippen LogP contribution is 2.30. The summed E-state index contributed by atoms with van der Waals surface area (Å²) in [6.45, 7) is 7.14. The Balaban J connectivity index is 2.13. The Labute approximate surface area is 241 Å². The van der Waals surface area contributed by atoms with Crippen LogP contribution in [0.4, 0.5) is 0 Å². The van der Waals surface area contributed by atoms with Gasteiger partial charge in [0.1, 0.15) is 6.04 Å². The van der Waals surface area contributed by atoms with Gasteiger partial charge in [-0.05, 0) is 55.7 Å². The summed E-state index contributed by atoms with van der Waals surface area (Å²) in [5, 5.41) is 3.46. The van der Waals surface area contributed by atoms with Gasteiger partial charge in [-0.2, -0.15) is 0 Å². The Hall–Kier alpha value is -3.33. The summed E-state index contributed by atoms with van der Waals surface area (Å²) in [4.78, 5) is 41.3. The Bertz CT molecular complexity index is 1090. The van der Waals surface area contributed by atoms with Gasteiger partial charge in [0.05, 0.1) is 13.7 Å². The van der Waals surface area contributed by atoms with Gasteiger partial charge < -0.3 is 24.3 Å². The quantitative estimate of drug-likeness (QED) is 0.186. The van der Waals surface area contributed by atoms with Gasteiger partial charge in [0, 0.05) is 24.2 Å². The maximum Gasteiger partial charge on any atom is 0.328 e. The van der Waals surface area contributed by atoms with Crippen LogP contribution in [0.1, 0.15) is 75.9 Å². The first-order chi connectivity index (χ1) is 19.1. The molecule has 0 saturated heterocycles. The zero-order valence-corrected chi connectivity index (χ0v) is 24.8. The standard InChI is InChI=1S/C30H41ClN2O7/c1-6-38-30(36)25(9-7-8-22(11-10-20(2)3)18-23-12-14-24(31)15-13-23)33-29(35)27-28(40-19-39-21(4)34)26(37-5)16-17-32-27/h12-17,20,22,25H,6-11,18-19H2,1-5H3,(H,33,35). The van der Waals surface area contributed by atoms with Gasteiger partial charge in [-0.3, -0.25) is 9.59 Å². The second kappa shape index (κ2) is 17.4. The molecule has 1 aromatic heterocycles. The first-order valence-corrected chi connectivity index (χ1v) is 14.0. The number of hydrogen-bond acceptors (Lipinski definition) is 8. The van der Waals surface area contributed by atoms with E-state index in [-0.39, 0.29) is 23.8 Å². The molecule has 0 saturated carbocycles. The van der Waals surface area contributed by atoms with Crippen LogP contribution in [0, 0.1) is 11.8 Å². The summed E-state index contributed by atoms with van der Waals surface area (Å²) in [5.74, 6) is -0.447. The molecule has 0 radical (unpaired) electrons. The van der Waals surface area contributed by atoms with Crippen molar-refractivity contribution in [2.24, 2.45) is 11.8 Å². The van der Waals surface area contributed by atoms with E-state index in [4.69, 9.17) is 30.5 Å². The number of aromatic nitrogens is 1. The molecule has 0 aliphatic rings. The number of nitrogens with zero attached hydrogens (tertiary/aromatic N) is 1. The third-order valence-corrected chi connectivity index (χ3v) is 6.59. The van der Waals surface area contributed by atoms with Crippen molar-refractivity contribution in [2.45, 2.75) is 72.3 Å². The second-order valence-corrected chi connectivity index (χ2v) is 10.4. The lowest BCUT2D eigenvalue weighted by Gasteiger charge is -2.21. The lowest BCUT2D eigenvalue weighted by atomic mass is 9.87. The number of carbonyl (C=O) groups excluding carboxylic acids is 3. The van der Waals surface area contributed by atoms with Crippen LogP contribution in [0.5, 0.6) is 11.5 Å². The minimum atomic E-state index is -0.872. The molecule has 2 atom stereocenters. The van der Waals surface area contributed by atoms with Crippen LogP contribution in [-0.4, -0.2) is 49.4 Å². The van der Waals surface area contributed by atoms with Gasteiger partial charge in [0.2, 0.25) is 6.79 Å². The van der Waals surface area contributed by atoms with E-state index >= 15 is 0 Å². The monoisotopic (exact) mass is 576 g/mol. The maximum atomic E-state index is 13.3. The number of rotatable bonds is 17. The number of pyridine rings is 1. The van der Waals surface area contributed by atoms with Gasteiger partial charge in [0.15, 0.2) is 17.2 Å². The highest BCUT2D eigenvalue weighted by Gasteiger charge is 2.27. The summed E-state index contributed by atoms with van der Waals surface area (Å²) >= 11 is 6.06. The Morgan fingerprint density at radius 3 is 2.35 bits per heavy atom. The molecule has 1 aromatic carbocycles. The molecule has 40 heavy (non-hydrogen) atoms. The molecule has 0 aliphatic carbocycles. The molecule has 9 nitrogen and oxygen atoms in total. The number of esters is 2. The molecule has 2 unspecified atom stereocenters. The van der Waals surface area contributed by atoms with E-state index in [1.807, 2.05) is 12.1 Å². The fourth-order valence-electron chi connectivity index (χ4n) is 4.26. The number of hydrogen-bond donors (Lipinski definition) is 1. The number of methoxy groups -OCH3 is 1. The second-order valence-electron chi connectivity index (χ2n) is 9.97. The Kier molecular flexibility index (Phi) is 14.3. The average Bonchev–Trinajstić information content (AvgIpc) is 2.92. The lowest BCUT2D eigenvalue weighted by Crippen LogP contribution is -2.42. The third kappa shape index (κ3) is 11.4. The number of amides is 1. The van der Waals surface area contributed by atoms with E-state index in [9.17, 15) is 14.4 Å². The highest BCUT2D eigenvalue weighted by atomic mass is 35.5. The molecular formula is C30H41ClN2O7. The summed E-state index contributed by atoms with van der Waals surface area (Å²) in [5.41, 5.74) is 1.12. The topological polar surface area (TPSA) is 113 Å². The van der Waals surface area contributed by atoms with E-state index in [0.29, 0.717) is 29.7 Å². The number of nitrogens with one attached hydrogen (secondary N) is 1. The highest BCUT2D eigenvalue weighted by molar-refractivity contribution is 6.30. The summed E-state index contributed by atoms with van der Waals surface area (Å²) in [7, 11) is 1.41. The van der Waals surface area contributed by atoms with Crippen molar-refractivity contribution in [3.63, 3.8) is 0 Å². The zero-order valence-electron chi connectivity index (χ0n) is 24.0. The summed E-state index contributed by atoms with van der Waals surface area (Å²) in [6, 6.07) is 8.55. The SMILES string of the molecule is CCOC(=O)C(CCCC(CCC(C)C)Cc1ccc(Cl)cc1)NC(=O)c1nccc(OC)c1OCOC(C)=O. The smallest absolute Gasteiger partial charge is 0.328 e. The fraction of sp³-hybridized carbons (Fsp3) is 0.533. The van der Waals surface area contributed by atoms with Crippen LogP contribution in [0.25, 0.3) is 0 Å². The van der Waals surface area contributed by atoms with Crippen molar-refractivity contribution >= 4 is 29.4 Å². The average molecular weight is 577 g/mol. The largest absolute Gasteiger partial charge is 0.493 e. The van der Waals surface area contributed by atoms with Gasteiger partial charge >= 0.3 is 11.9 Å². The van der Waals surface area contributed by atoms with E-state index in [1.54, 1.807) is 6.92 Å². The van der Waals surface area contributed by atoms with Crippen LogP contribution in [-0.2, 0) is 25.5 Å². The minimum absolute atomic E-state index is 0.00285. The molecule has 0 fully saturated rings. The normalized spacial score (nSPS) is 12.4. The van der Waals surface area contributed by atoms with Crippen molar-refractivity contribution in [1.29, 1.82) is 0 Å². The maximum absolute atomic E-state index is 13.3.